The first kappa shape index (κ1) is 18.4. The predicted molar refractivity (Wildman–Crippen MR) is 108 cm³/mol. The fourth-order valence-corrected chi connectivity index (χ4v) is 4.35. The summed E-state index contributed by atoms with van der Waals surface area (Å²) in [6, 6.07) is 13.4. The average Bonchev–Trinajstić information content (AvgIpc) is 2.63. The fraction of sp³-hybridized carbons (Fsp3) is 0.316. The van der Waals surface area contributed by atoms with Gasteiger partial charge in [-0.15, -0.1) is 11.8 Å². The molecule has 1 saturated heterocycles. The maximum absolute atomic E-state index is 12.2. The van der Waals surface area contributed by atoms with Gasteiger partial charge in [0.1, 0.15) is 0 Å². The number of carbonyl (C=O) groups excluding carboxylic acids is 1. The Morgan fingerprint density at radius 2 is 1.64 bits per heavy atom. The molecule has 6 heteroatoms. The van der Waals surface area contributed by atoms with E-state index in [2.05, 4.69) is 22.3 Å². The van der Waals surface area contributed by atoms with Gasteiger partial charge < -0.3 is 10.2 Å². The van der Waals surface area contributed by atoms with Crippen molar-refractivity contribution < 1.29 is 4.79 Å². The number of anilines is 2. The lowest BCUT2D eigenvalue weighted by molar-refractivity contribution is -0.113. The molecule has 0 saturated carbocycles. The van der Waals surface area contributed by atoms with Crippen molar-refractivity contribution in [1.82, 2.24) is 0 Å². The number of rotatable bonds is 5. The molecule has 2 aromatic rings. The van der Waals surface area contributed by atoms with E-state index in [-0.39, 0.29) is 11.7 Å². The van der Waals surface area contributed by atoms with Crippen molar-refractivity contribution in [2.24, 2.45) is 0 Å². The Labute approximate surface area is 162 Å². The van der Waals surface area contributed by atoms with Crippen molar-refractivity contribution in [2.45, 2.75) is 24.2 Å². The molecule has 3 nitrogen and oxygen atoms in total. The second-order valence-corrected chi connectivity index (χ2v) is 7.78. The van der Waals surface area contributed by atoms with Crippen molar-refractivity contribution >= 4 is 52.2 Å². The standard InChI is InChI=1S/C19H20Cl2N2OS/c20-16-5-4-6-17(21)19(16)25-13-18(24)22-14-7-9-15(10-8-14)23-11-2-1-3-12-23/h4-10H,1-3,11-13H2,(H,22,24). The molecular weight excluding hydrogens is 375 g/mol. The number of thioether (sulfide) groups is 1. The van der Waals surface area contributed by atoms with E-state index in [9.17, 15) is 4.79 Å². The Morgan fingerprint density at radius 1 is 1.00 bits per heavy atom. The smallest absolute Gasteiger partial charge is 0.234 e. The fourth-order valence-electron chi connectivity index (χ4n) is 2.86. The number of halogens is 2. The molecule has 1 N–H and O–H groups in total. The zero-order valence-corrected chi connectivity index (χ0v) is 16.1. The molecule has 1 aliphatic heterocycles. The Kier molecular flexibility index (Phi) is 6.51. The molecule has 132 valence electrons. The molecule has 1 heterocycles. The molecule has 0 aromatic heterocycles. The van der Waals surface area contributed by atoms with Crippen molar-refractivity contribution in [3.8, 4) is 0 Å². The summed E-state index contributed by atoms with van der Waals surface area (Å²) in [6.45, 7) is 2.22. The SMILES string of the molecule is O=C(CSc1c(Cl)cccc1Cl)Nc1ccc(N2CCCCC2)cc1. The highest BCUT2D eigenvalue weighted by Crippen LogP contribution is 2.33. The average molecular weight is 395 g/mol. The first-order valence-electron chi connectivity index (χ1n) is 8.35. The summed E-state index contributed by atoms with van der Waals surface area (Å²) in [5, 5.41) is 4.05. The predicted octanol–water partition coefficient (Wildman–Crippen LogP) is 5.71. The third kappa shape index (κ3) is 5.06. The van der Waals surface area contributed by atoms with Crippen molar-refractivity contribution in [3.63, 3.8) is 0 Å². The van der Waals surface area contributed by atoms with Crippen molar-refractivity contribution in [1.29, 1.82) is 0 Å². The van der Waals surface area contributed by atoms with E-state index in [0.717, 1.165) is 23.7 Å². The van der Waals surface area contributed by atoms with Crippen LogP contribution in [-0.4, -0.2) is 24.7 Å². The Hall–Kier alpha value is -1.36. The molecule has 3 rings (SSSR count). The van der Waals surface area contributed by atoms with E-state index in [0.29, 0.717) is 10.0 Å². The lowest BCUT2D eigenvalue weighted by atomic mass is 10.1. The summed E-state index contributed by atoms with van der Waals surface area (Å²) < 4.78 is 0. The third-order valence-electron chi connectivity index (χ3n) is 4.14. The van der Waals surface area contributed by atoms with Gasteiger partial charge in [0.05, 0.1) is 15.8 Å². The lowest BCUT2D eigenvalue weighted by Crippen LogP contribution is -2.29. The van der Waals surface area contributed by atoms with Crippen LogP contribution in [0.15, 0.2) is 47.4 Å². The number of amides is 1. The van der Waals surface area contributed by atoms with Gasteiger partial charge in [-0.3, -0.25) is 4.79 Å². The minimum atomic E-state index is -0.0771. The van der Waals surface area contributed by atoms with Gasteiger partial charge in [-0.1, -0.05) is 29.3 Å². The van der Waals surface area contributed by atoms with Crippen LogP contribution in [0, 0.1) is 0 Å². The second kappa shape index (κ2) is 8.84. The Bertz CT molecular complexity index is 710. The molecule has 0 radical (unpaired) electrons. The minimum absolute atomic E-state index is 0.0771. The van der Waals surface area contributed by atoms with Gasteiger partial charge in [-0.05, 0) is 55.7 Å². The van der Waals surface area contributed by atoms with Crippen LogP contribution >= 0.6 is 35.0 Å². The first-order chi connectivity index (χ1) is 12.1. The second-order valence-electron chi connectivity index (χ2n) is 5.98. The molecule has 0 spiro atoms. The zero-order chi connectivity index (χ0) is 17.6. The number of piperidine rings is 1. The summed E-state index contributed by atoms with van der Waals surface area (Å²) in [7, 11) is 0. The molecule has 2 aromatic carbocycles. The van der Waals surface area contributed by atoms with Crippen LogP contribution in [-0.2, 0) is 4.79 Å². The number of carbonyl (C=O) groups is 1. The quantitative estimate of drug-likeness (QED) is 0.658. The highest BCUT2D eigenvalue weighted by atomic mass is 35.5. The van der Waals surface area contributed by atoms with Crippen LogP contribution in [0.25, 0.3) is 0 Å². The van der Waals surface area contributed by atoms with Crippen LogP contribution < -0.4 is 10.2 Å². The molecular formula is C19H20Cl2N2OS. The Balaban J connectivity index is 1.54. The zero-order valence-electron chi connectivity index (χ0n) is 13.8. The van der Waals surface area contributed by atoms with Gasteiger partial charge in [0.25, 0.3) is 0 Å². The molecule has 1 amide bonds. The minimum Gasteiger partial charge on any atom is -0.372 e. The molecule has 0 atom stereocenters. The van der Waals surface area contributed by atoms with Crippen LogP contribution in [0.1, 0.15) is 19.3 Å². The summed E-state index contributed by atoms with van der Waals surface area (Å²) in [4.78, 5) is 15.3. The number of benzene rings is 2. The molecule has 0 unspecified atom stereocenters. The van der Waals surface area contributed by atoms with Gasteiger partial charge in [-0.2, -0.15) is 0 Å². The summed E-state index contributed by atoms with van der Waals surface area (Å²) in [5.41, 5.74) is 2.02. The van der Waals surface area contributed by atoms with Gasteiger partial charge in [-0.25, -0.2) is 0 Å². The van der Waals surface area contributed by atoms with Crippen molar-refractivity contribution in [3.05, 3.63) is 52.5 Å². The van der Waals surface area contributed by atoms with E-state index in [1.807, 2.05) is 12.1 Å². The topological polar surface area (TPSA) is 32.3 Å². The van der Waals surface area contributed by atoms with E-state index in [1.54, 1.807) is 18.2 Å². The van der Waals surface area contributed by atoms with Crippen LogP contribution in [0.4, 0.5) is 11.4 Å². The molecule has 1 fully saturated rings. The summed E-state index contributed by atoms with van der Waals surface area (Å²) in [6.07, 6.45) is 3.82. The first-order valence-corrected chi connectivity index (χ1v) is 10.1. The van der Waals surface area contributed by atoms with E-state index in [1.165, 1.54) is 36.7 Å². The van der Waals surface area contributed by atoms with Crippen LogP contribution in [0.3, 0.4) is 0 Å². The normalized spacial score (nSPS) is 14.4. The number of hydrogen-bond acceptors (Lipinski definition) is 3. The van der Waals surface area contributed by atoms with Gasteiger partial charge in [0, 0.05) is 29.4 Å². The Morgan fingerprint density at radius 3 is 2.28 bits per heavy atom. The molecule has 1 aliphatic rings. The van der Waals surface area contributed by atoms with Gasteiger partial charge >= 0.3 is 0 Å². The van der Waals surface area contributed by atoms with E-state index >= 15 is 0 Å². The monoisotopic (exact) mass is 394 g/mol. The van der Waals surface area contributed by atoms with E-state index in [4.69, 9.17) is 23.2 Å². The summed E-state index contributed by atoms with van der Waals surface area (Å²) >= 11 is 13.6. The lowest BCUT2D eigenvalue weighted by Gasteiger charge is -2.28. The summed E-state index contributed by atoms with van der Waals surface area (Å²) in [5.74, 6) is 0.184. The van der Waals surface area contributed by atoms with Crippen LogP contribution in [0.2, 0.25) is 10.0 Å². The van der Waals surface area contributed by atoms with Gasteiger partial charge in [0.15, 0.2) is 0 Å². The maximum atomic E-state index is 12.2. The number of hydrogen-bond donors (Lipinski definition) is 1. The number of nitrogens with zero attached hydrogens (tertiary/aromatic N) is 1. The molecule has 0 aliphatic carbocycles. The van der Waals surface area contributed by atoms with E-state index < -0.39 is 0 Å². The highest BCUT2D eigenvalue weighted by Gasteiger charge is 2.12. The maximum Gasteiger partial charge on any atom is 0.234 e. The largest absolute Gasteiger partial charge is 0.372 e. The van der Waals surface area contributed by atoms with Crippen LogP contribution in [0.5, 0.6) is 0 Å². The third-order valence-corrected chi connectivity index (χ3v) is 6.13. The number of nitrogens with one attached hydrogen (secondary N) is 1. The van der Waals surface area contributed by atoms with Gasteiger partial charge in [0.2, 0.25) is 5.91 Å². The molecule has 25 heavy (non-hydrogen) atoms. The highest BCUT2D eigenvalue weighted by molar-refractivity contribution is 8.00. The molecule has 0 bridgehead atoms. The van der Waals surface area contributed by atoms with Crippen molar-refractivity contribution in [2.75, 3.05) is 29.1 Å².